The predicted molar refractivity (Wildman–Crippen MR) is 67.5 cm³/mol. The molecule has 1 heterocycles. The molecule has 0 aliphatic rings. The van der Waals surface area contributed by atoms with Crippen LogP contribution in [0.2, 0.25) is 0 Å². The van der Waals surface area contributed by atoms with Gasteiger partial charge in [-0.3, -0.25) is 4.79 Å². The molecule has 2 aromatic rings. The highest BCUT2D eigenvalue weighted by Gasteiger charge is 2.09. The summed E-state index contributed by atoms with van der Waals surface area (Å²) in [6.45, 7) is 0. The van der Waals surface area contributed by atoms with Crippen LogP contribution in [0.3, 0.4) is 0 Å². The first-order valence-electron chi connectivity index (χ1n) is 5.06. The summed E-state index contributed by atoms with van der Waals surface area (Å²) in [5, 5.41) is 5.12. The average molecular weight is 248 g/mol. The van der Waals surface area contributed by atoms with Crippen LogP contribution in [-0.2, 0) is 0 Å². The Labute approximate surface area is 103 Å². The minimum absolute atomic E-state index is 0.166. The van der Waals surface area contributed by atoms with Gasteiger partial charge in [0.25, 0.3) is 5.91 Å². The van der Waals surface area contributed by atoms with E-state index in [0.717, 1.165) is 16.3 Å². The number of nitrogens with one attached hydrogen (secondary N) is 1. The molecule has 0 aliphatic carbocycles. The van der Waals surface area contributed by atoms with E-state index in [1.807, 2.05) is 24.3 Å². The average Bonchev–Trinajstić information content (AvgIpc) is 2.87. The molecule has 17 heavy (non-hydrogen) atoms. The van der Waals surface area contributed by atoms with Crippen molar-refractivity contribution >= 4 is 17.2 Å². The van der Waals surface area contributed by atoms with Gasteiger partial charge in [0.05, 0.1) is 7.11 Å². The van der Waals surface area contributed by atoms with Crippen LogP contribution in [0.5, 0.6) is 5.75 Å². The van der Waals surface area contributed by atoms with Crippen molar-refractivity contribution in [2.24, 2.45) is 0 Å². The van der Waals surface area contributed by atoms with Crippen LogP contribution >= 0.6 is 11.3 Å². The number of methoxy groups -OCH3 is 1. The first-order chi connectivity index (χ1) is 8.24. The minimum atomic E-state index is -0.166. The topological polar surface area (TPSA) is 51.2 Å². The molecule has 0 fully saturated rings. The number of carbonyl (C=O) groups is 1. The summed E-state index contributed by atoms with van der Waals surface area (Å²) in [6.07, 6.45) is 0. The third kappa shape index (κ3) is 2.45. The van der Waals surface area contributed by atoms with Gasteiger partial charge in [-0.1, -0.05) is 0 Å². The molecule has 1 amide bonds. The highest BCUT2D eigenvalue weighted by atomic mass is 32.1. The molecule has 1 aromatic heterocycles. The summed E-state index contributed by atoms with van der Waals surface area (Å²) in [4.78, 5) is 15.6. The number of carbonyl (C=O) groups excluding carboxylic acids is 1. The molecule has 2 rings (SSSR count). The molecule has 1 N–H and O–H groups in total. The lowest BCUT2D eigenvalue weighted by molar-refractivity contribution is 0.0959. The molecule has 0 saturated carbocycles. The van der Waals surface area contributed by atoms with Crippen molar-refractivity contribution in [1.29, 1.82) is 0 Å². The maximum Gasteiger partial charge on any atom is 0.270 e. The first-order valence-corrected chi connectivity index (χ1v) is 5.94. The van der Waals surface area contributed by atoms with Crippen molar-refractivity contribution in [1.82, 2.24) is 10.3 Å². The fourth-order valence-electron chi connectivity index (χ4n) is 1.37. The molecule has 0 spiro atoms. The maximum absolute atomic E-state index is 11.4. The third-order valence-electron chi connectivity index (χ3n) is 2.30. The molecule has 0 aliphatic heterocycles. The zero-order valence-electron chi connectivity index (χ0n) is 9.56. The number of aromatic nitrogens is 1. The summed E-state index contributed by atoms with van der Waals surface area (Å²) in [6, 6.07) is 7.59. The normalized spacial score (nSPS) is 10.0. The van der Waals surface area contributed by atoms with E-state index >= 15 is 0 Å². The van der Waals surface area contributed by atoms with Gasteiger partial charge in [-0.05, 0) is 24.3 Å². The SMILES string of the molecule is CNC(=O)c1csc(-c2ccc(OC)cc2)n1. The highest BCUT2D eigenvalue weighted by Crippen LogP contribution is 2.25. The van der Waals surface area contributed by atoms with Crippen LogP contribution in [0.15, 0.2) is 29.6 Å². The largest absolute Gasteiger partial charge is 0.497 e. The van der Waals surface area contributed by atoms with E-state index in [-0.39, 0.29) is 5.91 Å². The number of thiazole rings is 1. The summed E-state index contributed by atoms with van der Waals surface area (Å²) in [7, 11) is 3.22. The zero-order chi connectivity index (χ0) is 12.3. The number of rotatable bonds is 3. The van der Waals surface area contributed by atoms with Gasteiger partial charge in [0.15, 0.2) is 0 Å². The number of amides is 1. The van der Waals surface area contributed by atoms with Gasteiger partial charge in [0, 0.05) is 18.0 Å². The number of hydrogen-bond acceptors (Lipinski definition) is 4. The van der Waals surface area contributed by atoms with Crippen molar-refractivity contribution in [2.75, 3.05) is 14.2 Å². The molecular formula is C12H12N2O2S. The predicted octanol–water partition coefficient (Wildman–Crippen LogP) is 2.18. The molecule has 5 heteroatoms. The number of nitrogens with zero attached hydrogens (tertiary/aromatic N) is 1. The molecule has 0 unspecified atom stereocenters. The van der Waals surface area contributed by atoms with Crippen LogP contribution in [0.1, 0.15) is 10.5 Å². The second-order valence-corrected chi connectivity index (χ2v) is 4.20. The van der Waals surface area contributed by atoms with E-state index in [0.29, 0.717) is 5.69 Å². The Morgan fingerprint density at radius 2 is 2.06 bits per heavy atom. The van der Waals surface area contributed by atoms with E-state index in [4.69, 9.17) is 4.74 Å². The van der Waals surface area contributed by atoms with Crippen molar-refractivity contribution < 1.29 is 9.53 Å². The van der Waals surface area contributed by atoms with Crippen LogP contribution in [-0.4, -0.2) is 25.0 Å². The van der Waals surface area contributed by atoms with Gasteiger partial charge < -0.3 is 10.1 Å². The smallest absolute Gasteiger partial charge is 0.270 e. The van der Waals surface area contributed by atoms with E-state index in [2.05, 4.69) is 10.3 Å². The standard InChI is InChI=1S/C12H12N2O2S/c1-13-11(15)10-7-17-12(14-10)8-3-5-9(16-2)6-4-8/h3-7H,1-2H3,(H,13,15). The second kappa shape index (κ2) is 4.97. The minimum Gasteiger partial charge on any atom is -0.497 e. The summed E-state index contributed by atoms with van der Waals surface area (Å²) >= 11 is 1.45. The zero-order valence-corrected chi connectivity index (χ0v) is 10.4. The first kappa shape index (κ1) is 11.6. The number of ether oxygens (including phenoxy) is 1. The van der Waals surface area contributed by atoms with E-state index in [1.165, 1.54) is 11.3 Å². The molecule has 1 aromatic carbocycles. The highest BCUT2D eigenvalue weighted by molar-refractivity contribution is 7.13. The van der Waals surface area contributed by atoms with Gasteiger partial charge in [-0.2, -0.15) is 0 Å². The van der Waals surface area contributed by atoms with E-state index < -0.39 is 0 Å². The summed E-state index contributed by atoms with van der Waals surface area (Å²) < 4.78 is 5.08. The van der Waals surface area contributed by atoms with E-state index in [1.54, 1.807) is 19.5 Å². The van der Waals surface area contributed by atoms with Crippen LogP contribution in [0.4, 0.5) is 0 Å². The number of hydrogen-bond donors (Lipinski definition) is 1. The quantitative estimate of drug-likeness (QED) is 0.905. The molecule has 0 radical (unpaired) electrons. The Morgan fingerprint density at radius 3 is 2.65 bits per heavy atom. The molecule has 4 nitrogen and oxygen atoms in total. The molecule has 0 bridgehead atoms. The van der Waals surface area contributed by atoms with Crippen molar-refractivity contribution in [3.63, 3.8) is 0 Å². The van der Waals surface area contributed by atoms with Gasteiger partial charge in [-0.25, -0.2) is 4.98 Å². The third-order valence-corrected chi connectivity index (χ3v) is 3.19. The van der Waals surface area contributed by atoms with E-state index in [9.17, 15) is 4.79 Å². The van der Waals surface area contributed by atoms with Crippen molar-refractivity contribution in [2.45, 2.75) is 0 Å². The fraction of sp³-hybridized carbons (Fsp3) is 0.167. The van der Waals surface area contributed by atoms with Crippen LogP contribution in [0, 0.1) is 0 Å². The Balaban J connectivity index is 2.27. The monoisotopic (exact) mass is 248 g/mol. The Morgan fingerprint density at radius 1 is 1.35 bits per heavy atom. The van der Waals surface area contributed by atoms with Crippen LogP contribution in [0.25, 0.3) is 10.6 Å². The lowest BCUT2D eigenvalue weighted by atomic mass is 10.2. The van der Waals surface area contributed by atoms with Crippen molar-refractivity contribution in [3.8, 4) is 16.3 Å². The Kier molecular flexibility index (Phi) is 3.39. The Bertz CT molecular complexity index is 520. The molecule has 0 atom stereocenters. The molecule has 0 saturated heterocycles. The number of benzene rings is 1. The fourth-order valence-corrected chi connectivity index (χ4v) is 2.18. The Hall–Kier alpha value is -1.88. The van der Waals surface area contributed by atoms with Gasteiger partial charge in [0.1, 0.15) is 16.5 Å². The lowest BCUT2D eigenvalue weighted by Gasteiger charge is -2.00. The lowest BCUT2D eigenvalue weighted by Crippen LogP contribution is -2.17. The van der Waals surface area contributed by atoms with Gasteiger partial charge in [-0.15, -0.1) is 11.3 Å². The molecule has 88 valence electrons. The van der Waals surface area contributed by atoms with Gasteiger partial charge in [0.2, 0.25) is 0 Å². The maximum atomic E-state index is 11.4. The molecular weight excluding hydrogens is 236 g/mol. The summed E-state index contributed by atoms with van der Waals surface area (Å²) in [5.41, 5.74) is 1.43. The summed E-state index contributed by atoms with van der Waals surface area (Å²) in [5.74, 6) is 0.637. The van der Waals surface area contributed by atoms with Crippen LogP contribution < -0.4 is 10.1 Å². The second-order valence-electron chi connectivity index (χ2n) is 3.35. The van der Waals surface area contributed by atoms with Crippen molar-refractivity contribution in [3.05, 3.63) is 35.3 Å². The van der Waals surface area contributed by atoms with Gasteiger partial charge >= 0.3 is 0 Å².